The van der Waals surface area contributed by atoms with Gasteiger partial charge in [0.25, 0.3) is 0 Å². The van der Waals surface area contributed by atoms with Crippen LogP contribution in [0.25, 0.3) is 6.08 Å². The van der Waals surface area contributed by atoms with Crippen molar-refractivity contribution < 1.29 is 64.3 Å². The number of esters is 2. The zero-order chi connectivity index (χ0) is 54.6. The smallest absolute Gasteiger partial charge is 0.334 e. The molecule has 22 atom stereocenters. The fourth-order valence-electron chi connectivity index (χ4n) is 18.2. The average Bonchev–Trinajstić information content (AvgIpc) is 3.88. The van der Waals surface area contributed by atoms with Gasteiger partial charge in [0.15, 0.2) is 23.7 Å². The third-order valence-electron chi connectivity index (χ3n) is 21.3. The van der Waals surface area contributed by atoms with Crippen LogP contribution in [-0.4, -0.2) is 123 Å². The minimum absolute atomic E-state index is 0.0109. The standard InChI is InChI=1S/C64H79NO13/c1-34-25-39-15-20-61(30-39)33-62-21-16-43-36(3)47(62)10-11-49-55(71)44(54(34)61)17-22-63(49,62)48(43)12-14-53(70)76-58-56(72)57-50(65-31-35(2)68)18-23-64(74,78-57)59(58)77-60(73)42(26-38-6-13-51(69)52(28-38)75-4)29-46-41(32-67)9-8-40-7-5-37(19-24-66)27-45(40)46/h5-7,10-11,13,15-18,20-23,26-28,34-36,39,41,43-44,46-50,54-59,65-69,71-72,74H,8-9,12,14,19,24-25,29-33H2,1-4H3. The van der Waals surface area contributed by atoms with Gasteiger partial charge in [-0.05, 0) is 164 Å². The molecule has 0 radical (unpaired) electrons. The lowest BCUT2D eigenvalue weighted by atomic mass is 9.29. The van der Waals surface area contributed by atoms with Crippen molar-refractivity contribution in [1.82, 2.24) is 5.32 Å². The molecule has 0 amide bonds. The van der Waals surface area contributed by atoms with Gasteiger partial charge in [0.2, 0.25) is 5.79 Å². The summed E-state index contributed by atoms with van der Waals surface area (Å²) in [6.45, 7) is 6.25. The minimum Gasteiger partial charge on any atom is -0.504 e. The molecule has 4 fully saturated rings. The molecule has 2 aromatic carbocycles. The number of carbonyl (C=O) groups excluding carboxylic acids is 2. The summed E-state index contributed by atoms with van der Waals surface area (Å²) in [6.07, 6.45) is 21.9. The first kappa shape index (κ1) is 53.7. The molecule has 418 valence electrons. The van der Waals surface area contributed by atoms with E-state index < -0.39 is 65.8 Å². The summed E-state index contributed by atoms with van der Waals surface area (Å²) in [4.78, 5) is 30.1. The predicted octanol–water partition coefficient (Wildman–Crippen LogP) is 6.40. The Labute approximate surface area is 457 Å². The van der Waals surface area contributed by atoms with Gasteiger partial charge in [-0.15, -0.1) is 0 Å². The second-order valence-corrected chi connectivity index (χ2v) is 25.4. The van der Waals surface area contributed by atoms with Gasteiger partial charge >= 0.3 is 11.9 Å². The van der Waals surface area contributed by atoms with Gasteiger partial charge in [0.05, 0.1) is 25.4 Å². The number of aryl methyl sites for hydroxylation is 1. The molecule has 10 aliphatic carbocycles. The molecule has 0 aromatic heterocycles. The van der Waals surface area contributed by atoms with E-state index in [2.05, 4.69) is 67.8 Å². The number of ether oxygens (including phenoxy) is 4. The summed E-state index contributed by atoms with van der Waals surface area (Å²) in [5.41, 5.74) is 2.70. The Hall–Kier alpha value is -4.90. The van der Waals surface area contributed by atoms with Crippen LogP contribution in [0.15, 0.2) is 103 Å². The summed E-state index contributed by atoms with van der Waals surface area (Å²) in [5.74, 6) is -2.72. The summed E-state index contributed by atoms with van der Waals surface area (Å²) in [6, 6.07) is 9.93. The van der Waals surface area contributed by atoms with Crippen LogP contribution in [0.5, 0.6) is 11.5 Å². The molecule has 14 heteroatoms. The number of hydrogen-bond donors (Lipinski definition) is 8. The normalized spacial score (nSPS) is 43.1. The number of rotatable bonds is 16. The lowest BCUT2D eigenvalue weighted by Gasteiger charge is -2.74. The van der Waals surface area contributed by atoms with Crippen LogP contribution in [0.3, 0.4) is 0 Å². The van der Waals surface area contributed by atoms with E-state index in [1.165, 1.54) is 19.3 Å². The Kier molecular flexibility index (Phi) is 14.0. The van der Waals surface area contributed by atoms with Gasteiger partial charge in [0.1, 0.15) is 12.2 Å². The number of benzene rings is 2. The molecule has 14 rings (SSSR count). The van der Waals surface area contributed by atoms with Crippen molar-refractivity contribution in [3.8, 4) is 11.5 Å². The van der Waals surface area contributed by atoms with E-state index in [1.54, 1.807) is 31.2 Å². The number of phenolic OH excluding ortho intramolecular Hbond substituents is 1. The monoisotopic (exact) mass is 1070 g/mol. The molecular formula is C64H79NO13. The van der Waals surface area contributed by atoms with Crippen molar-refractivity contribution in [2.24, 2.45) is 75.4 Å². The molecule has 22 unspecified atom stereocenters. The number of aromatic hydroxyl groups is 1. The maximum atomic E-state index is 15.2. The largest absolute Gasteiger partial charge is 0.504 e. The second kappa shape index (κ2) is 20.3. The first-order chi connectivity index (χ1) is 37.5. The number of aliphatic hydroxyl groups is 6. The summed E-state index contributed by atoms with van der Waals surface area (Å²) in [7, 11) is 1.42. The van der Waals surface area contributed by atoms with E-state index in [0.29, 0.717) is 49.0 Å². The third kappa shape index (κ3) is 8.47. The van der Waals surface area contributed by atoms with Crippen LogP contribution in [0.2, 0.25) is 0 Å². The van der Waals surface area contributed by atoms with Crippen molar-refractivity contribution in [2.45, 2.75) is 133 Å². The Bertz CT molecular complexity index is 2850. The van der Waals surface area contributed by atoms with E-state index >= 15 is 4.79 Å². The molecule has 2 aliphatic heterocycles. The predicted molar refractivity (Wildman–Crippen MR) is 290 cm³/mol. The topological polar surface area (TPSA) is 225 Å². The highest BCUT2D eigenvalue weighted by Gasteiger charge is 2.74. The lowest BCUT2D eigenvalue weighted by Crippen LogP contribution is -2.71. The fourth-order valence-corrected chi connectivity index (χ4v) is 18.2. The fraction of sp³-hybridized carbons (Fsp3) is 0.594. The summed E-state index contributed by atoms with van der Waals surface area (Å²) < 4.78 is 24.5. The quantitative estimate of drug-likeness (QED) is 0.0518. The van der Waals surface area contributed by atoms with Crippen molar-refractivity contribution in [2.75, 3.05) is 26.9 Å². The Morgan fingerprint density at radius 2 is 1.74 bits per heavy atom. The Morgan fingerprint density at radius 1 is 0.936 bits per heavy atom. The van der Waals surface area contributed by atoms with Crippen LogP contribution in [0.1, 0.15) is 93.9 Å². The van der Waals surface area contributed by atoms with E-state index in [0.717, 1.165) is 36.0 Å². The molecule has 10 bridgehead atoms. The van der Waals surface area contributed by atoms with Crippen LogP contribution < -0.4 is 10.1 Å². The van der Waals surface area contributed by atoms with Gasteiger partial charge in [-0.25, -0.2) is 4.79 Å². The zero-order valence-corrected chi connectivity index (χ0v) is 45.3. The summed E-state index contributed by atoms with van der Waals surface area (Å²) in [5, 5.41) is 82.4. The van der Waals surface area contributed by atoms with Crippen molar-refractivity contribution in [1.29, 1.82) is 0 Å². The number of hydrogen-bond acceptors (Lipinski definition) is 14. The Morgan fingerprint density at radius 3 is 2.53 bits per heavy atom. The van der Waals surface area contributed by atoms with Crippen LogP contribution in [-0.2, 0) is 36.6 Å². The first-order valence-corrected chi connectivity index (χ1v) is 28.9. The van der Waals surface area contributed by atoms with E-state index in [-0.39, 0.29) is 108 Å². The molecule has 1 saturated heterocycles. The Balaban J connectivity index is 0.873. The number of fused-ring (bicyclic) bond motifs is 4. The number of allylic oxidation sites excluding steroid dienone is 6. The molecule has 3 saturated carbocycles. The van der Waals surface area contributed by atoms with Crippen LogP contribution in [0.4, 0.5) is 0 Å². The van der Waals surface area contributed by atoms with Crippen molar-refractivity contribution in [3.63, 3.8) is 0 Å². The maximum absolute atomic E-state index is 15.2. The van der Waals surface area contributed by atoms with Gasteiger partial charge in [-0.1, -0.05) is 92.8 Å². The second-order valence-electron chi connectivity index (χ2n) is 25.4. The van der Waals surface area contributed by atoms with Crippen LogP contribution in [0, 0.1) is 75.4 Å². The number of phenols is 1. The SMILES string of the molecule is COc1cc(C=C(CC2c3cc(CCO)ccc3CCC2CO)C(=O)OC2C(OC(=O)CCC3C4C=CC56CC78C=CC(CC(C)C7C7C=CC35C(C=CC6C4C)C7O)C8)C(O)C3OC2(O)C=CC3NCC(C)O)ccc1O. The molecular weight excluding hydrogens is 991 g/mol. The highest BCUT2D eigenvalue weighted by molar-refractivity contribution is 5.94. The number of methoxy groups -OCH3 is 1. The van der Waals surface area contributed by atoms with Gasteiger partial charge < -0.3 is 60.0 Å². The number of aliphatic hydroxyl groups excluding tert-OH is 5. The van der Waals surface area contributed by atoms with Crippen LogP contribution >= 0.6 is 0 Å². The zero-order valence-electron chi connectivity index (χ0n) is 45.3. The number of nitrogens with one attached hydrogen (secondary N) is 1. The van der Waals surface area contributed by atoms with Gasteiger partial charge in [-0.3, -0.25) is 4.79 Å². The maximum Gasteiger partial charge on any atom is 0.334 e. The van der Waals surface area contributed by atoms with Gasteiger partial charge in [0, 0.05) is 54.4 Å². The number of carbonyl (C=O) groups is 2. The van der Waals surface area contributed by atoms with E-state index in [9.17, 15) is 40.5 Å². The highest BCUT2D eigenvalue weighted by Crippen LogP contribution is 2.79. The molecule has 2 heterocycles. The van der Waals surface area contributed by atoms with E-state index in [4.69, 9.17) is 18.9 Å². The minimum atomic E-state index is -2.38. The van der Waals surface area contributed by atoms with Crippen molar-refractivity contribution in [3.05, 3.63) is 125 Å². The van der Waals surface area contributed by atoms with Gasteiger partial charge in [-0.2, -0.15) is 0 Å². The highest BCUT2D eigenvalue weighted by atomic mass is 16.7. The lowest BCUT2D eigenvalue weighted by molar-refractivity contribution is -0.333. The van der Waals surface area contributed by atoms with E-state index in [1.807, 2.05) is 18.2 Å². The molecule has 12 aliphatic rings. The first-order valence-electron chi connectivity index (χ1n) is 28.9. The van der Waals surface area contributed by atoms with Crippen molar-refractivity contribution >= 4 is 18.0 Å². The molecule has 2 aromatic rings. The molecule has 78 heavy (non-hydrogen) atoms. The molecule has 14 nitrogen and oxygen atoms in total. The molecule has 8 N–H and O–H groups in total. The average molecular weight is 1070 g/mol. The third-order valence-corrected chi connectivity index (χ3v) is 21.3. The summed E-state index contributed by atoms with van der Waals surface area (Å²) >= 11 is 0. The molecule has 3 spiro atoms.